The lowest BCUT2D eigenvalue weighted by molar-refractivity contribution is -0.130. The first kappa shape index (κ1) is 15.6. The van der Waals surface area contributed by atoms with Crippen LogP contribution in [0.5, 0.6) is 0 Å². The Balaban J connectivity index is 1.94. The van der Waals surface area contributed by atoms with E-state index in [2.05, 4.69) is 5.32 Å². The maximum atomic E-state index is 13.7. The van der Waals surface area contributed by atoms with Crippen LogP contribution in [0, 0.1) is 11.7 Å². The molecule has 0 aliphatic heterocycles. The predicted octanol–water partition coefficient (Wildman–Crippen LogP) is 2.36. The van der Waals surface area contributed by atoms with Crippen LogP contribution in [0.25, 0.3) is 0 Å². The van der Waals surface area contributed by atoms with Crippen molar-refractivity contribution in [1.29, 1.82) is 0 Å². The molecule has 0 spiro atoms. The van der Waals surface area contributed by atoms with Crippen molar-refractivity contribution in [2.24, 2.45) is 11.7 Å². The second-order valence-corrected chi connectivity index (χ2v) is 5.44. The minimum absolute atomic E-state index is 0.00957. The summed E-state index contributed by atoms with van der Waals surface area (Å²) in [4.78, 5) is 22.8. The monoisotopic (exact) mass is 314 g/mol. The Kier molecular flexibility index (Phi) is 5.01. The number of halogens is 2. The van der Waals surface area contributed by atoms with Gasteiger partial charge in [-0.15, -0.1) is 0 Å². The van der Waals surface area contributed by atoms with Gasteiger partial charge < -0.3 is 15.8 Å². The number of carbonyl (C=O) groups is 2. The van der Waals surface area contributed by atoms with Crippen LogP contribution in [0.2, 0.25) is 5.02 Å². The zero-order valence-corrected chi connectivity index (χ0v) is 12.0. The normalized spacial score (nSPS) is 15.3. The molecule has 1 aromatic rings. The third-order valence-corrected chi connectivity index (χ3v) is 3.57. The summed E-state index contributed by atoms with van der Waals surface area (Å²) in [5, 5.41) is 2.53. The molecule has 21 heavy (non-hydrogen) atoms. The highest BCUT2D eigenvalue weighted by atomic mass is 35.5. The topological polar surface area (TPSA) is 81.4 Å². The molecule has 1 aliphatic carbocycles. The number of ether oxygens (including phenoxy) is 1. The standard InChI is InChI=1S/C14H16ClFN2O3/c15-10-3-1-2-9(12(10)16)7-18-13(19)11(21-14(17)20)6-8-4-5-8/h1-3,8,11H,4-7H2,(H2,17,20)(H,18,19)/t11-/m0/s1. The van der Waals surface area contributed by atoms with Gasteiger partial charge in [0, 0.05) is 12.1 Å². The summed E-state index contributed by atoms with van der Waals surface area (Å²) in [5.74, 6) is -0.683. The SMILES string of the molecule is NC(=O)O[C@@H](CC1CC1)C(=O)NCc1cccc(Cl)c1F. The minimum atomic E-state index is -0.996. The maximum Gasteiger partial charge on any atom is 0.405 e. The van der Waals surface area contributed by atoms with Crippen LogP contribution in [-0.2, 0) is 16.1 Å². The summed E-state index contributed by atoms with van der Waals surface area (Å²) in [5.41, 5.74) is 5.22. The van der Waals surface area contributed by atoms with E-state index in [4.69, 9.17) is 22.1 Å². The molecule has 0 saturated heterocycles. The van der Waals surface area contributed by atoms with Crippen molar-refractivity contribution in [3.8, 4) is 0 Å². The van der Waals surface area contributed by atoms with Crippen molar-refractivity contribution in [3.63, 3.8) is 0 Å². The Morgan fingerprint density at radius 2 is 2.19 bits per heavy atom. The second kappa shape index (κ2) is 6.76. The molecular weight excluding hydrogens is 299 g/mol. The molecule has 3 N–H and O–H groups in total. The molecule has 5 nitrogen and oxygen atoms in total. The van der Waals surface area contributed by atoms with Crippen molar-refractivity contribution in [2.75, 3.05) is 0 Å². The molecule has 1 aliphatic rings. The zero-order valence-electron chi connectivity index (χ0n) is 11.3. The third-order valence-electron chi connectivity index (χ3n) is 3.28. The Bertz CT molecular complexity index is 549. The quantitative estimate of drug-likeness (QED) is 0.845. The Labute approximate surface area is 126 Å². The van der Waals surface area contributed by atoms with Gasteiger partial charge in [-0.25, -0.2) is 9.18 Å². The Morgan fingerprint density at radius 1 is 1.48 bits per heavy atom. The fourth-order valence-corrected chi connectivity index (χ4v) is 2.18. The first-order valence-corrected chi connectivity index (χ1v) is 7.02. The van der Waals surface area contributed by atoms with E-state index in [1.807, 2.05) is 0 Å². The highest BCUT2D eigenvalue weighted by molar-refractivity contribution is 6.30. The zero-order chi connectivity index (χ0) is 15.4. The van der Waals surface area contributed by atoms with Gasteiger partial charge in [0.05, 0.1) is 5.02 Å². The number of primary amides is 1. The number of benzene rings is 1. The summed E-state index contributed by atoms with van der Waals surface area (Å²) in [7, 11) is 0. The average Bonchev–Trinajstić information content (AvgIpc) is 3.23. The van der Waals surface area contributed by atoms with Crippen LogP contribution in [0.1, 0.15) is 24.8 Å². The molecule has 0 bridgehead atoms. The summed E-state index contributed by atoms with van der Waals surface area (Å²) in [6, 6.07) is 4.54. The molecule has 0 unspecified atom stereocenters. The third kappa shape index (κ3) is 4.60. The molecule has 2 rings (SSSR count). The Hall–Kier alpha value is -1.82. The van der Waals surface area contributed by atoms with Gasteiger partial charge in [-0.1, -0.05) is 36.6 Å². The first-order chi connectivity index (χ1) is 9.97. The van der Waals surface area contributed by atoms with Gasteiger partial charge in [0.15, 0.2) is 6.10 Å². The molecule has 0 radical (unpaired) electrons. The predicted molar refractivity (Wildman–Crippen MR) is 75.1 cm³/mol. The fraction of sp³-hybridized carbons (Fsp3) is 0.429. The van der Waals surface area contributed by atoms with E-state index in [9.17, 15) is 14.0 Å². The molecule has 1 saturated carbocycles. The van der Waals surface area contributed by atoms with E-state index in [0.29, 0.717) is 12.3 Å². The van der Waals surface area contributed by atoms with Crippen molar-refractivity contribution >= 4 is 23.6 Å². The highest BCUT2D eigenvalue weighted by Crippen LogP contribution is 2.34. The number of carbonyl (C=O) groups excluding carboxylic acids is 2. The minimum Gasteiger partial charge on any atom is -0.436 e. The van der Waals surface area contributed by atoms with Crippen molar-refractivity contribution in [3.05, 3.63) is 34.6 Å². The molecule has 114 valence electrons. The van der Waals surface area contributed by atoms with Crippen LogP contribution < -0.4 is 11.1 Å². The van der Waals surface area contributed by atoms with Gasteiger partial charge in [0.25, 0.3) is 5.91 Å². The van der Waals surface area contributed by atoms with Crippen LogP contribution in [0.3, 0.4) is 0 Å². The summed E-state index contributed by atoms with van der Waals surface area (Å²) < 4.78 is 18.5. The molecule has 1 aromatic carbocycles. The smallest absolute Gasteiger partial charge is 0.405 e. The summed E-state index contributed by atoms with van der Waals surface area (Å²) >= 11 is 5.66. The van der Waals surface area contributed by atoms with E-state index in [1.165, 1.54) is 12.1 Å². The van der Waals surface area contributed by atoms with E-state index >= 15 is 0 Å². The van der Waals surface area contributed by atoms with Gasteiger partial charge in [0.2, 0.25) is 0 Å². The molecule has 0 heterocycles. The van der Waals surface area contributed by atoms with Gasteiger partial charge >= 0.3 is 6.09 Å². The summed E-state index contributed by atoms with van der Waals surface area (Å²) in [6.45, 7) is -0.0332. The van der Waals surface area contributed by atoms with Crippen molar-refractivity contribution in [1.82, 2.24) is 5.32 Å². The van der Waals surface area contributed by atoms with Crippen molar-refractivity contribution in [2.45, 2.75) is 31.9 Å². The van der Waals surface area contributed by atoms with E-state index in [-0.39, 0.29) is 17.1 Å². The largest absolute Gasteiger partial charge is 0.436 e. The lowest BCUT2D eigenvalue weighted by Gasteiger charge is -2.16. The molecule has 1 atom stereocenters. The number of nitrogens with two attached hydrogens (primary N) is 1. The number of rotatable bonds is 6. The van der Waals surface area contributed by atoms with E-state index < -0.39 is 23.9 Å². The maximum absolute atomic E-state index is 13.7. The van der Waals surface area contributed by atoms with Crippen LogP contribution >= 0.6 is 11.6 Å². The lowest BCUT2D eigenvalue weighted by Crippen LogP contribution is -2.39. The van der Waals surface area contributed by atoms with E-state index in [1.54, 1.807) is 6.07 Å². The fourth-order valence-electron chi connectivity index (χ4n) is 1.99. The lowest BCUT2D eigenvalue weighted by atomic mass is 10.1. The van der Waals surface area contributed by atoms with Gasteiger partial charge in [-0.05, 0) is 18.4 Å². The van der Waals surface area contributed by atoms with E-state index in [0.717, 1.165) is 12.8 Å². The van der Waals surface area contributed by atoms with Gasteiger partial charge in [-0.2, -0.15) is 0 Å². The first-order valence-electron chi connectivity index (χ1n) is 6.64. The second-order valence-electron chi connectivity index (χ2n) is 5.04. The molecule has 1 fully saturated rings. The molecular formula is C14H16ClFN2O3. The number of nitrogens with one attached hydrogen (secondary N) is 1. The van der Waals surface area contributed by atoms with Crippen LogP contribution in [-0.4, -0.2) is 18.1 Å². The molecule has 0 aromatic heterocycles. The van der Waals surface area contributed by atoms with Crippen LogP contribution in [0.4, 0.5) is 9.18 Å². The molecule has 2 amide bonds. The Morgan fingerprint density at radius 3 is 2.81 bits per heavy atom. The molecule has 7 heteroatoms. The van der Waals surface area contributed by atoms with Crippen LogP contribution in [0.15, 0.2) is 18.2 Å². The summed E-state index contributed by atoms with van der Waals surface area (Å²) in [6.07, 6.45) is 0.526. The average molecular weight is 315 g/mol. The highest BCUT2D eigenvalue weighted by Gasteiger charge is 2.31. The number of hydrogen-bond acceptors (Lipinski definition) is 3. The van der Waals surface area contributed by atoms with Crippen molar-refractivity contribution < 1.29 is 18.7 Å². The van der Waals surface area contributed by atoms with Gasteiger partial charge in [0.1, 0.15) is 5.82 Å². The number of amides is 2. The van der Waals surface area contributed by atoms with Gasteiger partial charge in [-0.3, -0.25) is 4.79 Å². The number of hydrogen-bond donors (Lipinski definition) is 2.